The molecule has 3 rings (SSSR count). The molecule has 6 heteroatoms. The van der Waals surface area contributed by atoms with Gasteiger partial charge in [0.2, 0.25) is 5.91 Å². The number of anilines is 2. The second-order valence-corrected chi connectivity index (χ2v) is 8.42. The minimum atomic E-state index is -0.0566. The van der Waals surface area contributed by atoms with Crippen molar-refractivity contribution in [1.29, 1.82) is 0 Å². The average Bonchev–Trinajstić information content (AvgIpc) is 2.80. The number of thiocarbonyl (C=S) groups is 1. The van der Waals surface area contributed by atoms with Gasteiger partial charge in [0, 0.05) is 29.9 Å². The standard InChI is InChI=1S/C25H31N3O2S/c1-2-28(22-11-7-4-8-12-22)24(30)20-14-16-21(17-15-20)26-25(31)27-23(29)18-13-19-9-5-3-6-10-19/h4,7-8,11-12,14-17,19H,2-3,5-6,9-10,13,18H2,1H3,(H2,26,27,29,31). The van der Waals surface area contributed by atoms with Crippen LogP contribution in [0.1, 0.15) is 62.2 Å². The van der Waals surface area contributed by atoms with Gasteiger partial charge in [0.05, 0.1) is 0 Å². The number of rotatable bonds is 7. The van der Waals surface area contributed by atoms with Gasteiger partial charge in [-0.25, -0.2) is 0 Å². The predicted octanol–water partition coefficient (Wildman–Crippen LogP) is 5.53. The fourth-order valence-electron chi connectivity index (χ4n) is 4.07. The highest BCUT2D eigenvalue weighted by atomic mass is 32.1. The number of nitrogens with zero attached hydrogens (tertiary/aromatic N) is 1. The third-order valence-electron chi connectivity index (χ3n) is 5.78. The number of hydrogen-bond donors (Lipinski definition) is 2. The van der Waals surface area contributed by atoms with Gasteiger partial charge in [0.25, 0.3) is 5.91 Å². The second-order valence-electron chi connectivity index (χ2n) is 8.01. The molecule has 31 heavy (non-hydrogen) atoms. The molecule has 2 aromatic rings. The van der Waals surface area contributed by atoms with E-state index >= 15 is 0 Å². The summed E-state index contributed by atoms with van der Waals surface area (Å²) in [5.74, 6) is 0.569. The molecule has 164 valence electrons. The molecule has 0 aliphatic heterocycles. The molecule has 2 aromatic carbocycles. The number of hydrogen-bond acceptors (Lipinski definition) is 3. The monoisotopic (exact) mass is 437 g/mol. The molecule has 0 atom stereocenters. The van der Waals surface area contributed by atoms with Crippen LogP contribution in [0.5, 0.6) is 0 Å². The molecular formula is C25H31N3O2S. The first-order valence-corrected chi connectivity index (χ1v) is 11.6. The zero-order valence-corrected chi connectivity index (χ0v) is 18.9. The van der Waals surface area contributed by atoms with Crippen LogP contribution < -0.4 is 15.5 Å². The largest absolute Gasteiger partial charge is 0.332 e. The van der Waals surface area contributed by atoms with Crippen molar-refractivity contribution in [3.63, 3.8) is 0 Å². The molecule has 1 fully saturated rings. The SMILES string of the molecule is CCN(C(=O)c1ccc(NC(=S)NC(=O)CCC2CCCCC2)cc1)c1ccccc1. The predicted molar refractivity (Wildman–Crippen MR) is 130 cm³/mol. The van der Waals surface area contributed by atoms with Crippen LogP contribution in [0.4, 0.5) is 11.4 Å². The maximum Gasteiger partial charge on any atom is 0.258 e. The van der Waals surface area contributed by atoms with Crippen LogP contribution in [0.2, 0.25) is 0 Å². The Hall–Kier alpha value is -2.73. The number of carbonyl (C=O) groups is 2. The third kappa shape index (κ3) is 6.89. The van der Waals surface area contributed by atoms with E-state index in [1.807, 2.05) is 37.3 Å². The van der Waals surface area contributed by atoms with E-state index in [4.69, 9.17) is 12.2 Å². The van der Waals surface area contributed by atoms with Crippen molar-refractivity contribution in [3.05, 3.63) is 60.2 Å². The van der Waals surface area contributed by atoms with Crippen molar-refractivity contribution in [1.82, 2.24) is 5.32 Å². The number of nitrogens with one attached hydrogen (secondary N) is 2. The van der Waals surface area contributed by atoms with Crippen molar-refractivity contribution in [2.24, 2.45) is 5.92 Å². The number of amides is 2. The van der Waals surface area contributed by atoms with Crippen molar-refractivity contribution in [3.8, 4) is 0 Å². The van der Waals surface area contributed by atoms with Gasteiger partial charge in [-0.05, 0) is 67.9 Å². The molecule has 2 amide bonds. The summed E-state index contributed by atoms with van der Waals surface area (Å²) in [4.78, 5) is 26.8. The molecule has 1 aliphatic rings. The summed E-state index contributed by atoms with van der Waals surface area (Å²) in [7, 11) is 0. The van der Waals surface area contributed by atoms with E-state index < -0.39 is 0 Å². The molecule has 0 radical (unpaired) electrons. The first kappa shape index (κ1) is 22.9. The maximum absolute atomic E-state index is 12.9. The minimum absolute atomic E-state index is 0.0451. The normalized spacial score (nSPS) is 14.0. The Morgan fingerprint density at radius 1 is 1.00 bits per heavy atom. The highest BCUT2D eigenvalue weighted by Gasteiger charge is 2.17. The van der Waals surface area contributed by atoms with Crippen LogP contribution in [0.3, 0.4) is 0 Å². The van der Waals surface area contributed by atoms with Gasteiger partial charge in [0.1, 0.15) is 0 Å². The Morgan fingerprint density at radius 2 is 1.68 bits per heavy atom. The smallest absolute Gasteiger partial charge is 0.258 e. The lowest BCUT2D eigenvalue weighted by atomic mass is 9.86. The average molecular weight is 438 g/mol. The molecular weight excluding hydrogens is 406 g/mol. The summed E-state index contributed by atoms with van der Waals surface area (Å²) in [5.41, 5.74) is 2.20. The van der Waals surface area contributed by atoms with E-state index in [9.17, 15) is 9.59 Å². The number of carbonyl (C=O) groups excluding carboxylic acids is 2. The quantitative estimate of drug-likeness (QED) is 0.560. The summed E-state index contributed by atoms with van der Waals surface area (Å²) in [6, 6.07) is 16.7. The zero-order valence-electron chi connectivity index (χ0n) is 18.1. The Labute approximate surface area is 190 Å². The number of para-hydroxylation sites is 1. The summed E-state index contributed by atoms with van der Waals surface area (Å²) in [6.07, 6.45) is 7.80. The van der Waals surface area contributed by atoms with E-state index in [2.05, 4.69) is 10.6 Å². The molecule has 0 spiro atoms. The van der Waals surface area contributed by atoms with Crippen molar-refractivity contribution < 1.29 is 9.59 Å². The lowest BCUT2D eigenvalue weighted by Gasteiger charge is -2.21. The van der Waals surface area contributed by atoms with Crippen LogP contribution in [-0.2, 0) is 4.79 Å². The Bertz CT molecular complexity index is 877. The lowest BCUT2D eigenvalue weighted by molar-refractivity contribution is -0.120. The summed E-state index contributed by atoms with van der Waals surface area (Å²) < 4.78 is 0. The van der Waals surface area contributed by atoms with Gasteiger partial charge in [-0.3, -0.25) is 9.59 Å². The van der Waals surface area contributed by atoms with Gasteiger partial charge in [-0.2, -0.15) is 0 Å². The van der Waals surface area contributed by atoms with Gasteiger partial charge in [-0.15, -0.1) is 0 Å². The molecule has 0 bridgehead atoms. The van der Waals surface area contributed by atoms with Crippen molar-refractivity contribution in [2.45, 2.75) is 51.9 Å². The minimum Gasteiger partial charge on any atom is -0.332 e. The van der Waals surface area contributed by atoms with Gasteiger partial charge >= 0.3 is 0 Å². The van der Waals surface area contributed by atoms with Crippen LogP contribution in [-0.4, -0.2) is 23.5 Å². The van der Waals surface area contributed by atoms with Crippen molar-refractivity contribution in [2.75, 3.05) is 16.8 Å². The Morgan fingerprint density at radius 3 is 2.32 bits per heavy atom. The van der Waals surface area contributed by atoms with E-state index in [0.29, 0.717) is 24.4 Å². The molecule has 0 saturated heterocycles. The highest BCUT2D eigenvalue weighted by molar-refractivity contribution is 7.80. The Balaban J connectivity index is 1.49. The third-order valence-corrected chi connectivity index (χ3v) is 5.98. The lowest BCUT2D eigenvalue weighted by Crippen LogP contribution is -2.34. The molecule has 1 aliphatic carbocycles. The molecule has 0 aromatic heterocycles. The zero-order chi connectivity index (χ0) is 22.1. The molecule has 1 saturated carbocycles. The molecule has 5 nitrogen and oxygen atoms in total. The van der Waals surface area contributed by atoms with E-state index in [-0.39, 0.29) is 16.9 Å². The topological polar surface area (TPSA) is 61.4 Å². The molecule has 0 unspecified atom stereocenters. The van der Waals surface area contributed by atoms with E-state index in [1.54, 1.807) is 29.2 Å². The fraction of sp³-hybridized carbons (Fsp3) is 0.400. The first-order valence-electron chi connectivity index (χ1n) is 11.1. The van der Waals surface area contributed by atoms with Crippen molar-refractivity contribution >= 4 is 40.5 Å². The van der Waals surface area contributed by atoms with Gasteiger partial charge in [0.15, 0.2) is 5.11 Å². The molecule has 0 heterocycles. The fourth-order valence-corrected chi connectivity index (χ4v) is 4.30. The summed E-state index contributed by atoms with van der Waals surface area (Å²) in [5, 5.41) is 6.07. The highest BCUT2D eigenvalue weighted by Crippen LogP contribution is 2.27. The van der Waals surface area contributed by atoms with E-state index in [1.165, 1.54) is 32.1 Å². The molecule has 2 N–H and O–H groups in total. The second kappa shape index (κ2) is 11.6. The van der Waals surface area contributed by atoms with Gasteiger partial charge in [-0.1, -0.05) is 50.3 Å². The Kier molecular flexibility index (Phi) is 8.59. The van der Waals surface area contributed by atoms with Crippen LogP contribution >= 0.6 is 12.2 Å². The summed E-state index contributed by atoms with van der Waals surface area (Å²) in [6.45, 7) is 2.54. The van der Waals surface area contributed by atoms with E-state index in [0.717, 1.165) is 17.8 Å². The first-order chi connectivity index (χ1) is 15.1. The van der Waals surface area contributed by atoms with Gasteiger partial charge < -0.3 is 15.5 Å². The summed E-state index contributed by atoms with van der Waals surface area (Å²) >= 11 is 5.27. The number of benzene rings is 2. The maximum atomic E-state index is 12.9. The van der Waals surface area contributed by atoms with Crippen LogP contribution in [0.15, 0.2) is 54.6 Å². The van der Waals surface area contributed by atoms with Crippen LogP contribution in [0.25, 0.3) is 0 Å². The van der Waals surface area contributed by atoms with Crippen LogP contribution in [0, 0.1) is 5.92 Å².